The van der Waals surface area contributed by atoms with E-state index in [1.807, 2.05) is 19.1 Å². The van der Waals surface area contributed by atoms with Gasteiger partial charge in [-0.15, -0.1) is 0 Å². The summed E-state index contributed by atoms with van der Waals surface area (Å²) < 4.78 is 5.24. The summed E-state index contributed by atoms with van der Waals surface area (Å²) in [6.07, 6.45) is 1.90. The molecule has 1 heterocycles. The fourth-order valence-electron chi connectivity index (χ4n) is 2.24. The molecule has 0 atom stereocenters. The Hall–Kier alpha value is -1.39. The van der Waals surface area contributed by atoms with Crippen molar-refractivity contribution in [2.75, 3.05) is 26.3 Å². The lowest BCUT2D eigenvalue weighted by Crippen LogP contribution is -2.27. The minimum atomic E-state index is 0.00451. The minimum Gasteiger partial charge on any atom is -0.382 e. The zero-order valence-corrected chi connectivity index (χ0v) is 11.5. The predicted octanol–water partition coefficient (Wildman–Crippen LogP) is 1.49. The number of carbonyl (C=O) groups is 1. The van der Waals surface area contributed by atoms with E-state index < -0.39 is 0 Å². The average Bonchev–Trinajstić information content (AvgIpc) is 2.46. The van der Waals surface area contributed by atoms with Gasteiger partial charge < -0.3 is 15.4 Å². The van der Waals surface area contributed by atoms with E-state index in [1.54, 1.807) is 0 Å². The highest BCUT2D eigenvalue weighted by atomic mass is 16.5. The molecular weight excluding hydrogens is 240 g/mol. The van der Waals surface area contributed by atoms with Crippen molar-refractivity contribution < 1.29 is 9.53 Å². The minimum absolute atomic E-state index is 0.00451. The van der Waals surface area contributed by atoms with Crippen LogP contribution in [0.2, 0.25) is 0 Å². The molecule has 1 amide bonds. The van der Waals surface area contributed by atoms with Gasteiger partial charge in [0.25, 0.3) is 5.91 Å². The first-order valence-electron chi connectivity index (χ1n) is 6.99. The Kier molecular flexibility index (Phi) is 5.36. The Morgan fingerprint density at radius 1 is 1.42 bits per heavy atom. The van der Waals surface area contributed by atoms with Gasteiger partial charge in [-0.05, 0) is 49.6 Å². The normalized spacial score (nSPS) is 13.9. The van der Waals surface area contributed by atoms with Crippen LogP contribution in [0.5, 0.6) is 0 Å². The van der Waals surface area contributed by atoms with Crippen LogP contribution in [0.25, 0.3) is 0 Å². The SMILES string of the molecule is CCOCCCNC(=O)c1ccc2c(c1)CNCC2. The number of benzene rings is 1. The third kappa shape index (κ3) is 4.04. The van der Waals surface area contributed by atoms with E-state index in [4.69, 9.17) is 4.74 Å². The quantitative estimate of drug-likeness (QED) is 0.764. The van der Waals surface area contributed by atoms with Crippen molar-refractivity contribution in [3.05, 3.63) is 34.9 Å². The molecule has 0 aliphatic carbocycles. The number of amides is 1. The highest BCUT2D eigenvalue weighted by Gasteiger charge is 2.11. The fraction of sp³-hybridized carbons (Fsp3) is 0.533. The molecule has 4 nitrogen and oxygen atoms in total. The Morgan fingerprint density at radius 3 is 3.16 bits per heavy atom. The molecule has 19 heavy (non-hydrogen) atoms. The summed E-state index contributed by atoms with van der Waals surface area (Å²) in [6, 6.07) is 5.99. The third-order valence-corrected chi connectivity index (χ3v) is 3.31. The topological polar surface area (TPSA) is 50.4 Å². The lowest BCUT2D eigenvalue weighted by molar-refractivity contribution is 0.0944. The molecule has 104 valence electrons. The van der Waals surface area contributed by atoms with Gasteiger partial charge in [-0.2, -0.15) is 0 Å². The first-order valence-corrected chi connectivity index (χ1v) is 6.99. The molecule has 0 aromatic heterocycles. The van der Waals surface area contributed by atoms with Crippen LogP contribution in [0, 0.1) is 0 Å². The second-order valence-electron chi connectivity index (χ2n) is 4.72. The molecule has 4 heteroatoms. The molecule has 1 aromatic rings. The lowest BCUT2D eigenvalue weighted by Gasteiger charge is -2.17. The summed E-state index contributed by atoms with van der Waals surface area (Å²) in [5.74, 6) is 0.00451. The van der Waals surface area contributed by atoms with Crippen LogP contribution in [0.4, 0.5) is 0 Å². The molecule has 0 fully saturated rings. The van der Waals surface area contributed by atoms with Gasteiger partial charge in [-0.3, -0.25) is 4.79 Å². The molecule has 0 spiro atoms. The largest absolute Gasteiger partial charge is 0.382 e. The van der Waals surface area contributed by atoms with Crippen molar-refractivity contribution in [3.63, 3.8) is 0 Å². The van der Waals surface area contributed by atoms with Gasteiger partial charge in [0, 0.05) is 31.9 Å². The highest BCUT2D eigenvalue weighted by molar-refractivity contribution is 5.94. The van der Waals surface area contributed by atoms with E-state index in [1.165, 1.54) is 11.1 Å². The number of ether oxygens (including phenoxy) is 1. The van der Waals surface area contributed by atoms with Crippen LogP contribution in [0.3, 0.4) is 0 Å². The highest BCUT2D eigenvalue weighted by Crippen LogP contribution is 2.15. The van der Waals surface area contributed by atoms with E-state index >= 15 is 0 Å². The first kappa shape index (κ1) is 14.0. The maximum absolute atomic E-state index is 12.0. The monoisotopic (exact) mass is 262 g/mol. The van der Waals surface area contributed by atoms with Crippen LogP contribution in [0.1, 0.15) is 34.8 Å². The Bertz CT molecular complexity index is 432. The summed E-state index contributed by atoms with van der Waals surface area (Å²) in [4.78, 5) is 12.0. The van der Waals surface area contributed by atoms with Crippen molar-refractivity contribution in [3.8, 4) is 0 Å². The van der Waals surface area contributed by atoms with E-state index in [2.05, 4.69) is 16.7 Å². The number of rotatable bonds is 6. The van der Waals surface area contributed by atoms with E-state index in [-0.39, 0.29) is 5.91 Å². The molecule has 0 bridgehead atoms. The predicted molar refractivity (Wildman–Crippen MR) is 75.3 cm³/mol. The standard InChI is InChI=1S/C15H22N2O2/c1-2-19-9-3-7-17-15(18)13-5-4-12-6-8-16-11-14(12)10-13/h4-5,10,16H,2-3,6-9,11H2,1H3,(H,17,18). The van der Waals surface area contributed by atoms with Crippen molar-refractivity contribution in [2.45, 2.75) is 26.3 Å². The maximum atomic E-state index is 12.0. The number of hydrogen-bond acceptors (Lipinski definition) is 3. The van der Waals surface area contributed by atoms with Gasteiger partial charge in [-0.25, -0.2) is 0 Å². The van der Waals surface area contributed by atoms with Crippen LogP contribution in [0.15, 0.2) is 18.2 Å². The van der Waals surface area contributed by atoms with Crippen molar-refractivity contribution in [1.29, 1.82) is 0 Å². The Labute approximate surface area is 114 Å². The van der Waals surface area contributed by atoms with Gasteiger partial charge in [0.05, 0.1) is 0 Å². The van der Waals surface area contributed by atoms with Gasteiger partial charge in [0.1, 0.15) is 0 Å². The molecular formula is C15H22N2O2. The van der Waals surface area contributed by atoms with Crippen LogP contribution < -0.4 is 10.6 Å². The number of fused-ring (bicyclic) bond motifs is 1. The second-order valence-corrected chi connectivity index (χ2v) is 4.72. The smallest absolute Gasteiger partial charge is 0.251 e. The Balaban J connectivity index is 1.85. The van der Waals surface area contributed by atoms with Gasteiger partial charge >= 0.3 is 0 Å². The zero-order chi connectivity index (χ0) is 13.5. The number of hydrogen-bond donors (Lipinski definition) is 2. The van der Waals surface area contributed by atoms with Crippen molar-refractivity contribution in [2.24, 2.45) is 0 Å². The maximum Gasteiger partial charge on any atom is 0.251 e. The molecule has 0 saturated heterocycles. The van der Waals surface area contributed by atoms with Crippen LogP contribution >= 0.6 is 0 Å². The summed E-state index contributed by atoms with van der Waals surface area (Å²) >= 11 is 0. The molecule has 2 N–H and O–H groups in total. The van der Waals surface area contributed by atoms with E-state index in [0.29, 0.717) is 13.2 Å². The summed E-state index contributed by atoms with van der Waals surface area (Å²) in [6.45, 7) is 5.95. The zero-order valence-electron chi connectivity index (χ0n) is 11.5. The van der Waals surface area contributed by atoms with Gasteiger partial charge in [0.2, 0.25) is 0 Å². The van der Waals surface area contributed by atoms with Gasteiger partial charge in [0.15, 0.2) is 0 Å². The lowest BCUT2D eigenvalue weighted by atomic mass is 9.98. The summed E-state index contributed by atoms with van der Waals surface area (Å²) in [5.41, 5.74) is 3.35. The second kappa shape index (κ2) is 7.26. The molecule has 1 aliphatic rings. The van der Waals surface area contributed by atoms with Gasteiger partial charge in [-0.1, -0.05) is 6.07 Å². The number of nitrogens with one attached hydrogen (secondary N) is 2. The summed E-state index contributed by atoms with van der Waals surface area (Å²) in [5, 5.41) is 6.25. The average molecular weight is 262 g/mol. The third-order valence-electron chi connectivity index (χ3n) is 3.31. The summed E-state index contributed by atoms with van der Waals surface area (Å²) in [7, 11) is 0. The van der Waals surface area contributed by atoms with Crippen molar-refractivity contribution >= 4 is 5.91 Å². The fourth-order valence-corrected chi connectivity index (χ4v) is 2.24. The van der Waals surface area contributed by atoms with E-state index in [0.717, 1.165) is 38.1 Å². The van der Waals surface area contributed by atoms with Crippen LogP contribution in [-0.4, -0.2) is 32.2 Å². The Morgan fingerprint density at radius 2 is 2.32 bits per heavy atom. The molecule has 0 saturated carbocycles. The van der Waals surface area contributed by atoms with Crippen molar-refractivity contribution in [1.82, 2.24) is 10.6 Å². The molecule has 0 unspecified atom stereocenters. The molecule has 1 aromatic carbocycles. The number of carbonyl (C=O) groups excluding carboxylic acids is 1. The molecule has 1 aliphatic heterocycles. The molecule has 0 radical (unpaired) electrons. The first-order chi connectivity index (χ1) is 9.31. The molecule has 2 rings (SSSR count). The van der Waals surface area contributed by atoms with E-state index in [9.17, 15) is 4.79 Å². The van der Waals surface area contributed by atoms with Crippen LogP contribution in [-0.2, 0) is 17.7 Å².